The van der Waals surface area contributed by atoms with Crippen molar-refractivity contribution in [1.29, 1.82) is 0 Å². The monoisotopic (exact) mass is 392 g/mol. The Labute approximate surface area is 168 Å². The molecule has 0 radical (unpaired) electrons. The van der Waals surface area contributed by atoms with E-state index in [1.807, 2.05) is 7.05 Å². The van der Waals surface area contributed by atoms with E-state index in [1.165, 1.54) is 19.1 Å². The van der Waals surface area contributed by atoms with Gasteiger partial charge in [-0.1, -0.05) is 19.4 Å². The number of nitrogens with one attached hydrogen (secondary N) is 2. The summed E-state index contributed by atoms with van der Waals surface area (Å²) in [5, 5.41) is 16.2. The minimum absolute atomic E-state index is 0.129. The molecule has 1 aromatic rings. The van der Waals surface area contributed by atoms with Gasteiger partial charge in [0.25, 0.3) is 5.91 Å². The van der Waals surface area contributed by atoms with Gasteiger partial charge in [-0.3, -0.25) is 9.59 Å². The summed E-state index contributed by atoms with van der Waals surface area (Å²) < 4.78 is 0. The molecule has 0 saturated heterocycles. The van der Waals surface area contributed by atoms with Crippen molar-refractivity contribution in [2.24, 2.45) is 11.7 Å². The van der Waals surface area contributed by atoms with Gasteiger partial charge in [0.2, 0.25) is 0 Å². The number of amides is 1. The lowest BCUT2D eigenvalue weighted by Gasteiger charge is -2.26. The first-order valence-corrected chi connectivity index (χ1v) is 10.1. The Morgan fingerprint density at radius 1 is 1.18 bits per heavy atom. The lowest BCUT2D eigenvalue weighted by atomic mass is 10.0. The Morgan fingerprint density at radius 2 is 1.86 bits per heavy atom. The second-order valence-corrected chi connectivity index (χ2v) is 7.31. The van der Waals surface area contributed by atoms with Gasteiger partial charge in [-0.25, -0.2) is 0 Å². The SMILES string of the molecule is CNCCN(CCNC(=O)c1cccc(C(C)=O)c1O)CC(C)CCCCN. The van der Waals surface area contributed by atoms with Crippen LogP contribution >= 0.6 is 0 Å². The van der Waals surface area contributed by atoms with E-state index in [-0.39, 0.29) is 28.6 Å². The third kappa shape index (κ3) is 8.37. The molecule has 0 fully saturated rings. The van der Waals surface area contributed by atoms with Crippen molar-refractivity contribution >= 4 is 11.7 Å². The number of phenolic OH excluding ortho intramolecular Hbond substituents is 1. The summed E-state index contributed by atoms with van der Waals surface area (Å²) >= 11 is 0. The summed E-state index contributed by atoms with van der Waals surface area (Å²) in [6, 6.07) is 4.64. The number of rotatable bonds is 14. The lowest BCUT2D eigenvalue weighted by molar-refractivity contribution is 0.0944. The molecule has 0 aliphatic rings. The Morgan fingerprint density at radius 3 is 2.50 bits per heavy atom. The van der Waals surface area contributed by atoms with Gasteiger partial charge in [0.1, 0.15) is 5.75 Å². The molecule has 0 saturated carbocycles. The number of Topliss-reactive ketones (excluding diaryl/α,β-unsaturated/α-hetero) is 1. The number of aromatic hydroxyl groups is 1. The van der Waals surface area contributed by atoms with E-state index in [9.17, 15) is 14.7 Å². The van der Waals surface area contributed by atoms with Crippen LogP contribution in [-0.4, -0.2) is 68.0 Å². The topological polar surface area (TPSA) is 108 Å². The summed E-state index contributed by atoms with van der Waals surface area (Å²) in [5.41, 5.74) is 5.86. The van der Waals surface area contributed by atoms with Crippen LogP contribution in [0.3, 0.4) is 0 Å². The number of phenols is 1. The summed E-state index contributed by atoms with van der Waals surface area (Å²) in [5.74, 6) is -0.331. The second-order valence-electron chi connectivity index (χ2n) is 7.31. The zero-order valence-electron chi connectivity index (χ0n) is 17.5. The van der Waals surface area contributed by atoms with E-state index in [0.717, 1.165) is 52.0 Å². The van der Waals surface area contributed by atoms with Crippen molar-refractivity contribution in [2.45, 2.75) is 33.1 Å². The van der Waals surface area contributed by atoms with Gasteiger partial charge in [-0.05, 0) is 51.4 Å². The van der Waals surface area contributed by atoms with E-state index in [0.29, 0.717) is 12.5 Å². The van der Waals surface area contributed by atoms with Gasteiger partial charge in [-0.15, -0.1) is 0 Å². The third-order valence-electron chi connectivity index (χ3n) is 4.77. The summed E-state index contributed by atoms with van der Waals surface area (Å²) in [4.78, 5) is 26.3. The molecule has 1 unspecified atom stereocenters. The number of nitrogens with two attached hydrogens (primary N) is 1. The lowest BCUT2D eigenvalue weighted by Crippen LogP contribution is -2.40. The summed E-state index contributed by atoms with van der Waals surface area (Å²) in [6.07, 6.45) is 3.34. The quantitative estimate of drug-likeness (QED) is 0.283. The molecule has 0 bridgehead atoms. The predicted octanol–water partition coefficient (Wildman–Crippen LogP) is 1.61. The van der Waals surface area contributed by atoms with Gasteiger partial charge < -0.3 is 26.4 Å². The number of unbranched alkanes of at least 4 members (excludes halogenated alkanes) is 1. The fourth-order valence-electron chi connectivity index (χ4n) is 3.17. The molecule has 0 aliphatic carbocycles. The number of carbonyl (C=O) groups excluding carboxylic acids is 2. The van der Waals surface area contributed by atoms with E-state index in [1.54, 1.807) is 6.07 Å². The molecule has 5 N–H and O–H groups in total. The van der Waals surface area contributed by atoms with Gasteiger partial charge in [0.05, 0.1) is 11.1 Å². The van der Waals surface area contributed by atoms with Crippen LogP contribution in [0.1, 0.15) is 53.8 Å². The highest BCUT2D eigenvalue weighted by Crippen LogP contribution is 2.22. The van der Waals surface area contributed by atoms with Crippen LogP contribution in [0.5, 0.6) is 5.75 Å². The first-order valence-electron chi connectivity index (χ1n) is 10.1. The molecule has 1 atom stereocenters. The van der Waals surface area contributed by atoms with Crippen molar-refractivity contribution in [2.75, 3.05) is 46.3 Å². The number of carbonyl (C=O) groups is 2. The largest absolute Gasteiger partial charge is 0.506 e. The molecule has 1 amide bonds. The van der Waals surface area contributed by atoms with Gasteiger partial charge in [0.15, 0.2) is 5.78 Å². The van der Waals surface area contributed by atoms with E-state index in [4.69, 9.17) is 5.73 Å². The number of likely N-dealkylation sites (N-methyl/N-ethyl adjacent to an activating group) is 1. The summed E-state index contributed by atoms with van der Waals surface area (Å²) in [7, 11) is 1.93. The predicted molar refractivity (Wildman–Crippen MR) is 113 cm³/mol. The number of hydrogen-bond donors (Lipinski definition) is 4. The maximum atomic E-state index is 12.4. The van der Waals surface area contributed by atoms with E-state index < -0.39 is 0 Å². The Balaban J connectivity index is 2.57. The fourth-order valence-corrected chi connectivity index (χ4v) is 3.17. The van der Waals surface area contributed by atoms with Crippen molar-refractivity contribution in [3.8, 4) is 5.75 Å². The van der Waals surface area contributed by atoms with E-state index in [2.05, 4.69) is 22.5 Å². The number of hydrogen-bond acceptors (Lipinski definition) is 6. The molecule has 1 rings (SSSR count). The second kappa shape index (κ2) is 13.3. The highest BCUT2D eigenvalue weighted by Gasteiger charge is 2.17. The normalized spacial score (nSPS) is 12.2. The van der Waals surface area contributed by atoms with Crippen LogP contribution in [0.4, 0.5) is 0 Å². The standard InChI is InChI=1S/C21H36N4O3/c1-16(7-4-5-10-22)15-25(13-11-23-3)14-12-24-21(28)19-9-6-8-18(17(2)26)20(19)27/h6,8-9,16,23,27H,4-5,7,10-15,22H2,1-3H3,(H,24,28). The highest BCUT2D eigenvalue weighted by atomic mass is 16.3. The van der Waals surface area contributed by atoms with Crippen molar-refractivity contribution in [3.63, 3.8) is 0 Å². The number of para-hydroxylation sites is 1. The molecule has 28 heavy (non-hydrogen) atoms. The van der Waals surface area contributed by atoms with Crippen LogP contribution in [-0.2, 0) is 0 Å². The maximum Gasteiger partial charge on any atom is 0.255 e. The smallest absolute Gasteiger partial charge is 0.255 e. The third-order valence-corrected chi connectivity index (χ3v) is 4.77. The average molecular weight is 393 g/mol. The minimum atomic E-state index is -0.370. The van der Waals surface area contributed by atoms with Crippen LogP contribution in [0.2, 0.25) is 0 Å². The summed E-state index contributed by atoms with van der Waals surface area (Å²) in [6.45, 7) is 8.29. The zero-order chi connectivity index (χ0) is 20.9. The number of nitrogens with zero attached hydrogens (tertiary/aromatic N) is 1. The molecule has 0 spiro atoms. The Bertz CT molecular complexity index is 622. The van der Waals surface area contributed by atoms with Crippen molar-refractivity contribution in [1.82, 2.24) is 15.5 Å². The fraction of sp³-hybridized carbons (Fsp3) is 0.619. The van der Waals surface area contributed by atoms with Crippen LogP contribution in [0.15, 0.2) is 18.2 Å². The molecular formula is C21H36N4O3. The number of ketones is 1. The van der Waals surface area contributed by atoms with Crippen LogP contribution in [0, 0.1) is 5.92 Å². The molecule has 0 aromatic heterocycles. The van der Waals surface area contributed by atoms with Gasteiger partial charge >= 0.3 is 0 Å². The molecule has 7 heteroatoms. The molecule has 158 valence electrons. The van der Waals surface area contributed by atoms with Gasteiger partial charge in [-0.2, -0.15) is 0 Å². The minimum Gasteiger partial charge on any atom is -0.506 e. The van der Waals surface area contributed by atoms with Crippen molar-refractivity contribution < 1.29 is 14.7 Å². The van der Waals surface area contributed by atoms with Crippen molar-refractivity contribution in [3.05, 3.63) is 29.3 Å². The highest BCUT2D eigenvalue weighted by molar-refractivity contribution is 6.03. The zero-order valence-corrected chi connectivity index (χ0v) is 17.5. The van der Waals surface area contributed by atoms with Gasteiger partial charge in [0, 0.05) is 32.7 Å². The first-order chi connectivity index (χ1) is 13.4. The molecule has 0 aliphatic heterocycles. The average Bonchev–Trinajstić information content (AvgIpc) is 2.65. The number of benzene rings is 1. The molecule has 1 aromatic carbocycles. The van der Waals surface area contributed by atoms with Crippen LogP contribution < -0.4 is 16.4 Å². The molecular weight excluding hydrogens is 356 g/mol. The molecule has 7 nitrogen and oxygen atoms in total. The van der Waals surface area contributed by atoms with E-state index >= 15 is 0 Å². The maximum absolute atomic E-state index is 12.4. The first kappa shape index (κ1) is 24.1. The van der Waals surface area contributed by atoms with Crippen LogP contribution in [0.25, 0.3) is 0 Å². The molecule has 0 heterocycles. The Hall–Kier alpha value is -1.96. The Kier molecular flexibility index (Phi) is 11.4.